The molecule has 0 bridgehead atoms. The van der Waals surface area contributed by atoms with Crippen LogP contribution in [-0.2, 0) is 5.41 Å². The summed E-state index contributed by atoms with van der Waals surface area (Å²) in [6.07, 6.45) is -3.06. The molecule has 2 N–H and O–H groups in total. The highest BCUT2D eigenvalue weighted by molar-refractivity contribution is 7.99. The third-order valence-corrected chi connectivity index (χ3v) is 6.32. The summed E-state index contributed by atoms with van der Waals surface area (Å²) in [6, 6.07) is 7.49. The lowest BCUT2D eigenvalue weighted by molar-refractivity contribution is -0.0689. The highest BCUT2D eigenvalue weighted by atomic mass is 32.2. The largest absolute Gasteiger partial charge is 0.488 e. The van der Waals surface area contributed by atoms with E-state index in [0.717, 1.165) is 0 Å². The molecule has 0 saturated carbocycles. The van der Waals surface area contributed by atoms with Crippen molar-refractivity contribution in [3.63, 3.8) is 0 Å². The molecule has 4 nitrogen and oxygen atoms in total. The number of nitrogens with zero attached hydrogens (tertiary/aromatic N) is 2. The van der Waals surface area contributed by atoms with E-state index >= 15 is 0 Å². The number of alkyl halides is 3. The van der Waals surface area contributed by atoms with Gasteiger partial charge in [0.05, 0.1) is 23.4 Å². The van der Waals surface area contributed by atoms with Crippen molar-refractivity contribution in [2.45, 2.75) is 18.5 Å². The molecule has 2 aromatic heterocycles. The molecule has 0 spiro atoms. The van der Waals surface area contributed by atoms with E-state index in [9.17, 15) is 17.6 Å². The Hall–Kier alpha value is -2.52. The molecule has 0 aliphatic carbocycles. The first-order valence-corrected chi connectivity index (χ1v) is 10.3. The molecule has 0 amide bonds. The second-order valence-electron chi connectivity index (χ2n) is 7.41. The molecular weight excluding hydrogens is 418 g/mol. The standard InChI is InChI=1S/C21H19F4N3OS/c1-12(21(23,24)25)16-8-14-18(29-9-20(14,2)10-30-11-26)19(27-16)28-7-6-13-15(22)4-3-5-17(13)28/h3-8H,1,9-11,26H2,2H3/t20-/m1/s1. The number of hydrogen-bond acceptors (Lipinski definition) is 4. The zero-order valence-corrected chi connectivity index (χ0v) is 16.9. The van der Waals surface area contributed by atoms with E-state index in [1.54, 1.807) is 22.9 Å². The number of fused-ring (bicyclic) bond motifs is 2. The van der Waals surface area contributed by atoms with Crippen LogP contribution in [0, 0.1) is 5.82 Å². The van der Waals surface area contributed by atoms with Gasteiger partial charge in [0.15, 0.2) is 11.6 Å². The first kappa shape index (κ1) is 20.7. The number of benzene rings is 1. The number of allylic oxidation sites excluding steroid dienone is 1. The molecule has 0 fully saturated rings. The van der Waals surface area contributed by atoms with E-state index < -0.39 is 23.0 Å². The van der Waals surface area contributed by atoms with Gasteiger partial charge in [-0.2, -0.15) is 13.2 Å². The van der Waals surface area contributed by atoms with Gasteiger partial charge in [0.25, 0.3) is 0 Å². The minimum absolute atomic E-state index is 0.176. The summed E-state index contributed by atoms with van der Waals surface area (Å²) >= 11 is 1.47. The summed E-state index contributed by atoms with van der Waals surface area (Å²) < 4.78 is 61.9. The third kappa shape index (κ3) is 3.35. The zero-order valence-electron chi connectivity index (χ0n) is 16.1. The Morgan fingerprint density at radius 1 is 1.37 bits per heavy atom. The molecule has 0 saturated heterocycles. The Morgan fingerprint density at radius 2 is 2.13 bits per heavy atom. The predicted molar refractivity (Wildman–Crippen MR) is 110 cm³/mol. The number of thioether (sulfide) groups is 1. The van der Waals surface area contributed by atoms with Crippen LogP contribution in [0.5, 0.6) is 5.75 Å². The zero-order chi connectivity index (χ0) is 21.7. The van der Waals surface area contributed by atoms with E-state index in [2.05, 4.69) is 11.6 Å². The molecule has 0 radical (unpaired) electrons. The van der Waals surface area contributed by atoms with Gasteiger partial charge in [-0.05, 0) is 24.3 Å². The van der Waals surface area contributed by atoms with E-state index in [-0.39, 0.29) is 18.1 Å². The maximum atomic E-state index is 14.2. The van der Waals surface area contributed by atoms with Crippen LogP contribution in [0.15, 0.2) is 43.1 Å². The monoisotopic (exact) mass is 437 g/mol. The van der Waals surface area contributed by atoms with E-state index in [1.807, 2.05) is 6.92 Å². The van der Waals surface area contributed by atoms with E-state index in [4.69, 9.17) is 10.5 Å². The molecule has 9 heteroatoms. The molecule has 158 valence electrons. The van der Waals surface area contributed by atoms with Crippen molar-refractivity contribution < 1.29 is 22.3 Å². The molecule has 1 atom stereocenters. The third-order valence-electron chi connectivity index (χ3n) is 5.24. The molecule has 30 heavy (non-hydrogen) atoms. The van der Waals surface area contributed by atoms with Crippen molar-refractivity contribution in [3.05, 3.63) is 60.2 Å². The van der Waals surface area contributed by atoms with Gasteiger partial charge < -0.3 is 10.5 Å². The second kappa shape index (κ2) is 7.31. The van der Waals surface area contributed by atoms with Gasteiger partial charge in [-0.25, -0.2) is 9.37 Å². The molecule has 1 aliphatic heterocycles. The average Bonchev–Trinajstić information content (AvgIpc) is 3.28. The van der Waals surface area contributed by atoms with E-state index in [1.165, 1.54) is 30.0 Å². The molecule has 3 aromatic rings. The molecule has 4 rings (SSSR count). The van der Waals surface area contributed by atoms with Gasteiger partial charge >= 0.3 is 6.18 Å². The number of pyridine rings is 1. The maximum absolute atomic E-state index is 14.2. The van der Waals surface area contributed by atoms with Gasteiger partial charge in [-0.3, -0.25) is 4.57 Å². The van der Waals surface area contributed by atoms with Crippen LogP contribution in [0.4, 0.5) is 17.6 Å². The van der Waals surface area contributed by atoms with Crippen LogP contribution in [-0.4, -0.2) is 34.0 Å². The number of rotatable bonds is 5. The lowest BCUT2D eigenvalue weighted by atomic mass is 9.86. The topological polar surface area (TPSA) is 53.1 Å². The quantitative estimate of drug-likeness (QED) is 0.449. The molecule has 1 aromatic carbocycles. The van der Waals surface area contributed by atoms with Crippen LogP contribution in [0.25, 0.3) is 22.3 Å². The van der Waals surface area contributed by atoms with Crippen molar-refractivity contribution in [2.75, 3.05) is 18.2 Å². The van der Waals surface area contributed by atoms with Crippen molar-refractivity contribution in [1.82, 2.24) is 9.55 Å². The van der Waals surface area contributed by atoms with Crippen LogP contribution in [0.1, 0.15) is 18.2 Å². The Labute approximate surface area is 174 Å². The lowest BCUT2D eigenvalue weighted by Gasteiger charge is -2.23. The highest BCUT2D eigenvalue weighted by Crippen LogP contribution is 2.46. The number of ether oxygens (including phenoxy) is 1. The smallest absolute Gasteiger partial charge is 0.417 e. The van der Waals surface area contributed by atoms with Crippen molar-refractivity contribution in [2.24, 2.45) is 5.73 Å². The van der Waals surface area contributed by atoms with Crippen molar-refractivity contribution >= 4 is 28.2 Å². The minimum atomic E-state index is -4.63. The maximum Gasteiger partial charge on any atom is 0.417 e. The number of hydrogen-bond donors (Lipinski definition) is 1. The van der Waals surface area contributed by atoms with Crippen LogP contribution in [0.3, 0.4) is 0 Å². The Bertz CT molecular complexity index is 1140. The fraction of sp³-hybridized carbons (Fsp3) is 0.286. The Balaban J connectivity index is 1.96. The predicted octanol–water partition coefficient (Wildman–Crippen LogP) is 5.04. The number of nitrogens with two attached hydrogens (primary N) is 1. The fourth-order valence-electron chi connectivity index (χ4n) is 3.60. The van der Waals surface area contributed by atoms with Crippen LogP contribution in [0.2, 0.25) is 0 Å². The summed E-state index contributed by atoms with van der Waals surface area (Å²) in [5.41, 5.74) is 4.81. The fourth-order valence-corrected chi connectivity index (χ4v) is 4.41. The van der Waals surface area contributed by atoms with Crippen LogP contribution >= 0.6 is 11.8 Å². The molecule has 3 heterocycles. The summed E-state index contributed by atoms with van der Waals surface area (Å²) in [7, 11) is 0. The summed E-state index contributed by atoms with van der Waals surface area (Å²) in [5, 5.41) is 0.340. The molecule has 1 aliphatic rings. The van der Waals surface area contributed by atoms with Gasteiger partial charge in [0.1, 0.15) is 5.82 Å². The summed E-state index contributed by atoms with van der Waals surface area (Å²) in [6.45, 7) is 5.40. The second-order valence-corrected chi connectivity index (χ2v) is 8.44. The lowest BCUT2D eigenvalue weighted by Crippen LogP contribution is -2.27. The normalized spacial score (nSPS) is 18.5. The molecular formula is C21H19F4N3OS. The van der Waals surface area contributed by atoms with Gasteiger partial charge in [0.2, 0.25) is 0 Å². The Morgan fingerprint density at radius 3 is 2.83 bits per heavy atom. The highest BCUT2D eigenvalue weighted by Gasteiger charge is 2.41. The summed E-state index contributed by atoms with van der Waals surface area (Å²) in [4.78, 5) is 4.24. The number of halogens is 4. The van der Waals surface area contributed by atoms with Crippen LogP contribution < -0.4 is 10.5 Å². The molecule has 0 unspecified atom stereocenters. The van der Waals surface area contributed by atoms with Gasteiger partial charge in [-0.1, -0.05) is 19.6 Å². The van der Waals surface area contributed by atoms with Crippen molar-refractivity contribution in [3.8, 4) is 11.6 Å². The Kier molecular flexibility index (Phi) is 5.06. The number of aromatic nitrogens is 2. The minimum Gasteiger partial charge on any atom is -0.488 e. The van der Waals surface area contributed by atoms with E-state index in [0.29, 0.717) is 33.8 Å². The summed E-state index contributed by atoms with van der Waals surface area (Å²) in [5.74, 6) is 1.08. The SMILES string of the molecule is C=C(c1cc2c(c(-n3ccc4c(F)cccc43)n1)OC[C@]2(C)CSCN)C(F)(F)F. The van der Waals surface area contributed by atoms with Gasteiger partial charge in [0, 0.05) is 34.2 Å². The first-order chi connectivity index (χ1) is 14.2. The first-order valence-electron chi connectivity index (χ1n) is 9.14. The average molecular weight is 437 g/mol. The van der Waals surface area contributed by atoms with Gasteiger partial charge in [-0.15, -0.1) is 11.8 Å². The van der Waals surface area contributed by atoms with Crippen molar-refractivity contribution in [1.29, 1.82) is 0 Å².